The van der Waals surface area contributed by atoms with Crippen LogP contribution in [0.1, 0.15) is 29.8 Å². The molecule has 122 valence electrons. The fourth-order valence-electron chi connectivity index (χ4n) is 2.73. The number of azo groups is 1. The van der Waals surface area contributed by atoms with E-state index in [9.17, 15) is 9.90 Å². The molecular formula is C19H19N3O2. The normalized spacial score (nSPS) is 11.4. The summed E-state index contributed by atoms with van der Waals surface area (Å²) < 4.78 is 1.74. The van der Waals surface area contributed by atoms with Gasteiger partial charge in [0.05, 0.1) is 5.52 Å². The minimum absolute atomic E-state index is 0.0246. The molecule has 24 heavy (non-hydrogen) atoms. The average molecular weight is 321 g/mol. The summed E-state index contributed by atoms with van der Waals surface area (Å²) in [7, 11) is 0. The van der Waals surface area contributed by atoms with E-state index in [4.69, 9.17) is 0 Å². The number of hydrogen-bond acceptors (Lipinski definition) is 3. The summed E-state index contributed by atoms with van der Waals surface area (Å²) in [5, 5.41) is 19.0. The van der Waals surface area contributed by atoms with Crippen molar-refractivity contribution in [3.8, 4) is 5.88 Å². The number of para-hydroxylation sites is 1. The molecule has 0 aliphatic heterocycles. The zero-order chi connectivity index (χ0) is 17.1. The van der Waals surface area contributed by atoms with Gasteiger partial charge in [-0.3, -0.25) is 4.79 Å². The second-order valence-electron chi connectivity index (χ2n) is 5.49. The van der Waals surface area contributed by atoms with Crippen LogP contribution in [0.2, 0.25) is 0 Å². The Balaban J connectivity index is 1.95. The molecule has 1 aromatic heterocycles. The Bertz CT molecular complexity index is 908. The van der Waals surface area contributed by atoms with Crippen LogP contribution in [0, 0.1) is 0 Å². The minimum Gasteiger partial charge on any atom is -0.493 e. The molecule has 2 aromatic carbocycles. The van der Waals surface area contributed by atoms with Crippen molar-refractivity contribution < 1.29 is 9.90 Å². The van der Waals surface area contributed by atoms with Gasteiger partial charge < -0.3 is 9.67 Å². The van der Waals surface area contributed by atoms with Gasteiger partial charge in [0.1, 0.15) is 0 Å². The van der Waals surface area contributed by atoms with Gasteiger partial charge in [0.2, 0.25) is 5.88 Å². The highest BCUT2D eigenvalue weighted by Crippen LogP contribution is 2.38. The van der Waals surface area contributed by atoms with Gasteiger partial charge >= 0.3 is 0 Å². The molecule has 0 fully saturated rings. The van der Waals surface area contributed by atoms with Crippen LogP contribution in [0.3, 0.4) is 0 Å². The summed E-state index contributed by atoms with van der Waals surface area (Å²) in [5.41, 5.74) is 2.83. The molecule has 0 spiro atoms. The molecule has 0 bridgehead atoms. The van der Waals surface area contributed by atoms with E-state index in [1.165, 1.54) is 0 Å². The van der Waals surface area contributed by atoms with Crippen molar-refractivity contribution in [2.75, 3.05) is 0 Å². The van der Waals surface area contributed by atoms with Crippen molar-refractivity contribution in [3.05, 3.63) is 59.7 Å². The quantitative estimate of drug-likeness (QED) is 0.698. The van der Waals surface area contributed by atoms with E-state index in [0.29, 0.717) is 17.8 Å². The first-order valence-electron chi connectivity index (χ1n) is 8.00. The average Bonchev–Trinajstić information content (AvgIpc) is 2.90. The van der Waals surface area contributed by atoms with Gasteiger partial charge in [0.25, 0.3) is 5.91 Å². The van der Waals surface area contributed by atoms with E-state index in [1.807, 2.05) is 43.3 Å². The number of nitrogens with zero attached hydrogens (tertiary/aromatic N) is 3. The highest BCUT2D eigenvalue weighted by Gasteiger charge is 2.15. The molecule has 0 aliphatic rings. The van der Waals surface area contributed by atoms with Crippen molar-refractivity contribution >= 4 is 22.5 Å². The van der Waals surface area contributed by atoms with Gasteiger partial charge in [0, 0.05) is 17.5 Å². The summed E-state index contributed by atoms with van der Waals surface area (Å²) in [6, 6.07) is 14.8. The van der Waals surface area contributed by atoms with E-state index in [0.717, 1.165) is 22.9 Å². The zero-order valence-corrected chi connectivity index (χ0v) is 13.7. The van der Waals surface area contributed by atoms with E-state index < -0.39 is 5.91 Å². The van der Waals surface area contributed by atoms with Gasteiger partial charge in [0.15, 0.2) is 5.69 Å². The smallest absolute Gasteiger partial charge is 0.295 e. The predicted molar refractivity (Wildman–Crippen MR) is 93.9 cm³/mol. The highest BCUT2D eigenvalue weighted by molar-refractivity contribution is 5.97. The fourth-order valence-corrected chi connectivity index (χ4v) is 2.73. The van der Waals surface area contributed by atoms with Gasteiger partial charge in [-0.1, -0.05) is 37.3 Å². The Morgan fingerprint density at radius 1 is 1.08 bits per heavy atom. The molecule has 5 nitrogen and oxygen atoms in total. The first-order valence-corrected chi connectivity index (χ1v) is 8.00. The predicted octanol–water partition coefficient (Wildman–Crippen LogP) is 4.85. The van der Waals surface area contributed by atoms with Crippen LogP contribution < -0.4 is 0 Å². The maximum Gasteiger partial charge on any atom is 0.295 e. The lowest BCUT2D eigenvalue weighted by atomic mass is 10.1. The van der Waals surface area contributed by atoms with Crippen molar-refractivity contribution in [1.29, 1.82) is 0 Å². The first-order chi connectivity index (χ1) is 11.7. The van der Waals surface area contributed by atoms with Crippen molar-refractivity contribution in [2.24, 2.45) is 10.2 Å². The third kappa shape index (κ3) is 2.80. The lowest BCUT2D eigenvalue weighted by Gasteiger charge is -2.00. The number of carbonyl (C=O) groups is 1. The molecule has 0 saturated carbocycles. The minimum atomic E-state index is -0.426. The Morgan fingerprint density at radius 2 is 1.79 bits per heavy atom. The lowest BCUT2D eigenvalue weighted by Crippen LogP contribution is -1.94. The van der Waals surface area contributed by atoms with E-state index in [1.54, 1.807) is 16.7 Å². The Labute approximate surface area is 140 Å². The molecule has 0 unspecified atom stereocenters. The molecule has 5 heteroatoms. The molecule has 1 N–H and O–H groups in total. The second kappa shape index (κ2) is 6.66. The number of aryl methyl sites for hydroxylation is 2. The van der Waals surface area contributed by atoms with Crippen LogP contribution in [-0.2, 0) is 13.0 Å². The van der Waals surface area contributed by atoms with Crippen LogP contribution in [0.15, 0.2) is 58.8 Å². The maximum absolute atomic E-state index is 12.2. The Morgan fingerprint density at radius 3 is 2.46 bits per heavy atom. The number of fused-ring (bicyclic) bond motifs is 1. The van der Waals surface area contributed by atoms with E-state index >= 15 is 0 Å². The van der Waals surface area contributed by atoms with Crippen LogP contribution in [-0.4, -0.2) is 15.6 Å². The van der Waals surface area contributed by atoms with Crippen LogP contribution >= 0.6 is 0 Å². The van der Waals surface area contributed by atoms with Crippen LogP contribution in [0.25, 0.3) is 10.9 Å². The topological polar surface area (TPSA) is 66.9 Å². The standard InChI is InChI=1S/C19H19N3O2/c1-3-13-9-11-14(12-10-13)18(23)21-20-17-15-7-5-6-8-16(15)22(4-2)19(17)24/h5-12,24H,3-4H2,1-2H3. The Kier molecular flexibility index (Phi) is 4.42. The van der Waals surface area contributed by atoms with Gasteiger partial charge in [-0.15, -0.1) is 10.2 Å². The molecule has 1 amide bonds. The van der Waals surface area contributed by atoms with Gasteiger partial charge in [-0.2, -0.15) is 0 Å². The molecule has 0 atom stereocenters. The van der Waals surface area contributed by atoms with E-state index in [-0.39, 0.29) is 5.88 Å². The Hall–Kier alpha value is -2.95. The first kappa shape index (κ1) is 15.9. The third-order valence-electron chi connectivity index (χ3n) is 4.08. The van der Waals surface area contributed by atoms with Crippen LogP contribution in [0.5, 0.6) is 5.88 Å². The summed E-state index contributed by atoms with van der Waals surface area (Å²) in [6.07, 6.45) is 0.917. The van der Waals surface area contributed by atoms with Gasteiger partial charge in [-0.05, 0) is 37.1 Å². The number of aromatic hydroxyl groups is 1. The molecule has 0 saturated heterocycles. The number of rotatable bonds is 4. The molecule has 0 aliphatic carbocycles. The highest BCUT2D eigenvalue weighted by atomic mass is 16.3. The molecular weight excluding hydrogens is 302 g/mol. The number of benzene rings is 2. The summed E-state index contributed by atoms with van der Waals surface area (Å²) >= 11 is 0. The number of hydrogen-bond donors (Lipinski definition) is 1. The molecule has 1 heterocycles. The lowest BCUT2D eigenvalue weighted by molar-refractivity contribution is 0.0995. The van der Waals surface area contributed by atoms with Crippen LogP contribution in [0.4, 0.5) is 5.69 Å². The SMILES string of the molecule is CCc1ccc(C(=O)N=Nc2c(O)n(CC)c3ccccc23)cc1. The fraction of sp³-hybridized carbons (Fsp3) is 0.211. The van der Waals surface area contributed by atoms with E-state index in [2.05, 4.69) is 17.2 Å². The van der Waals surface area contributed by atoms with Crippen molar-refractivity contribution in [2.45, 2.75) is 26.8 Å². The second-order valence-corrected chi connectivity index (χ2v) is 5.49. The van der Waals surface area contributed by atoms with Gasteiger partial charge in [-0.25, -0.2) is 0 Å². The summed E-state index contributed by atoms with van der Waals surface area (Å²) in [6.45, 7) is 4.60. The molecule has 3 rings (SSSR count). The number of aromatic nitrogens is 1. The summed E-state index contributed by atoms with van der Waals surface area (Å²) in [5.74, 6) is -0.401. The largest absolute Gasteiger partial charge is 0.493 e. The number of amides is 1. The molecule has 0 radical (unpaired) electrons. The van der Waals surface area contributed by atoms with Crippen molar-refractivity contribution in [3.63, 3.8) is 0 Å². The number of carbonyl (C=O) groups excluding carboxylic acids is 1. The zero-order valence-electron chi connectivity index (χ0n) is 13.7. The monoisotopic (exact) mass is 321 g/mol. The molecule has 3 aromatic rings. The summed E-state index contributed by atoms with van der Waals surface area (Å²) in [4.78, 5) is 12.2. The third-order valence-corrected chi connectivity index (χ3v) is 4.08. The van der Waals surface area contributed by atoms with Crippen molar-refractivity contribution in [1.82, 2.24) is 4.57 Å². The maximum atomic E-state index is 12.2.